The van der Waals surface area contributed by atoms with E-state index in [9.17, 15) is 9.59 Å². The maximum absolute atomic E-state index is 11.9. The Hall–Kier alpha value is -4.38. The first kappa shape index (κ1) is 48.3. The van der Waals surface area contributed by atoms with Crippen molar-refractivity contribution in [2.45, 2.75) is 5.60 Å². The van der Waals surface area contributed by atoms with E-state index in [1.54, 1.807) is 30.3 Å². The smallest absolute Gasteiger partial charge is 0.379 e. The molecular weight excluding hydrogens is 773 g/mol. The van der Waals surface area contributed by atoms with Crippen LogP contribution in [0.1, 0.15) is 27.0 Å². The molecule has 0 N–H and O–H groups in total. The lowest BCUT2D eigenvalue weighted by atomic mass is 9.80. The highest BCUT2D eigenvalue weighted by Gasteiger charge is 2.37. The third kappa shape index (κ3) is 18.9. The topological polar surface area (TPSA) is 136 Å². The van der Waals surface area contributed by atoms with Crippen LogP contribution in [-0.2, 0) is 62.5 Å². The van der Waals surface area contributed by atoms with E-state index in [2.05, 4.69) is 36.4 Å². The lowest BCUT2D eigenvalue weighted by Crippen LogP contribution is -2.34. The maximum Gasteiger partial charge on any atom is 0.379 e. The molecule has 0 bridgehead atoms. The maximum atomic E-state index is 11.9. The van der Waals surface area contributed by atoms with Gasteiger partial charge in [0.2, 0.25) is 0 Å². The van der Waals surface area contributed by atoms with Crippen molar-refractivity contribution in [3.8, 4) is 0 Å². The van der Waals surface area contributed by atoms with E-state index in [0.717, 1.165) is 16.7 Å². The van der Waals surface area contributed by atoms with Crippen LogP contribution in [-0.4, -0.2) is 144 Å². The first-order chi connectivity index (χ1) is 29.7. The van der Waals surface area contributed by atoms with E-state index in [4.69, 9.17) is 52.1 Å². The second-order valence-electron chi connectivity index (χ2n) is 13.0. The largest absolute Gasteiger partial charge is 0.457 e. The fourth-order valence-electron chi connectivity index (χ4n) is 5.85. The zero-order valence-corrected chi connectivity index (χ0v) is 34.5. The summed E-state index contributed by atoms with van der Waals surface area (Å²) in [7, 11) is 0. The van der Waals surface area contributed by atoms with Crippen LogP contribution in [0.3, 0.4) is 0 Å². The van der Waals surface area contributed by atoms with E-state index in [-0.39, 0.29) is 13.2 Å². The predicted molar refractivity (Wildman–Crippen MR) is 224 cm³/mol. The molecule has 60 heavy (non-hydrogen) atoms. The normalized spacial score (nSPS) is 11.5. The summed E-state index contributed by atoms with van der Waals surface area (Å²) in [5, 5.41) is 0. The van der Waals surface area contributed by atoms with Gasteiger partial charge in [-0.05, 0) is 16.7 Å². The molecule has 0 atom stereocenters. The van der Waals surface area contributed by atoms with Gasteiger partial charge in [0.25, 0.3) is 5.78 Å². The van der Waals surface area contributed by atoms with Crippen LogP contribution in [0.5, 0.6) is 0 Å². The molecule has 0 spiro atoms. The zero-order valence-electron chi connectivity index (χ0n) is 34.5. The van der Waals surface area contributed by atoms with Gasteiger partial charge in [0.15, 0.2) is 0 Å². The molecule has 0 fully saturated rings. The fraction of sp³-hybridized carbons (Fsp3) is 0.447. The molecule has 0 aliphatic carbocycles. The van der Waals surface area contributed by atoms with Crippen LogP contribution in [0.15, 0.2) is 121 Å². The van der Waals surface area contributed by atoms with Crippen LogP contribution in [0.2, 0.25) is 0 Å². The molecule has 0 saturated carbocycles. The van der Waals surface area contributed by atoms with Crippen molar-refractivity contribution >= 4 is 11.8 Å². The van der Waals surface area contributed by atoms with Gasteiger partial charge in [-0.15, -0.1) is 0 Å². The first-order valence-electron chi connectivity index (χ1n) is 20.5. The summed E-state index contributed by atoms with van der Waals surface area (Å²) < 4.78 is 61.6. The molecule has 0 amide bonds. The highest BCUT2D eigenvalue weighted by atomic mass is 16.6. The molecule has 4 rings (SSSR count). The lowest BCUT2D eigenvalue weighted by Gasteiger charge is -2.36. The van der Waals surface area contributed by atoms with Gasteiger partial charge in [0.1, 0.15) is 12.2 Å². The number of hydrogen-bond acceptors (Lipinski definition) is 13. The predicted octanol–water partition coefficient (Wildman–Crippen LogP) is 5.57. The third-order valence-electron chi connectivity index (χ3n) is 8.75. The van der Waals surface area contributed by atoms with E-state index in [1.807, 2.05) is 54.6 Å². The molecule has 0 aromatic heterocycles. The number of rotatable bonds is 36. The Kier molecular flexibility index (Phi) is 25.3. The monoisotopic (exact) mass is 832 g/mol. The highest BCUT2D eigenvalue weighted by Crippen LogP contribution is 2.40. The van der Waals surface area contributed by atoms with Gasteiger partial charge in [0.05, 0.1) is 126 Å². The van der Waals surface area contributed by atoms with E-state index >= 15 is 0 Å². The summed E-state index contributed by atoms with van der Waals surface area (Å²) >= 11 is 0. The summed E-state index contributed by atoms with van der Waals surface area (Å²) in [6.45, 7) is 8.17. The Bertz CT molecular complexity index is 1550. The molecule has 0 aliphatic rings. The molecule has 4 aromatic carbocycles. The minimum absolute atomic E-state index is 0.00655. The van der Waals surface area contributed by atoms with Gasteiger partial charge >= 0.3 is 5.97 Å². The average molecular weight is 833 g/mol. The van der Waals surface area contributed by atoms with Crippen molar-refractivity contribution in [3.05, 3.63) is 144 Å². The SMILES string of the molecule is O=C(OCCOCCOCCOCCOCCOCCOCCOCCOCCOCCOC(c1ccccc1)(c1ccccc1)c1ccccc1)C(=O)c1ccccc1. The Morgan fingerprint density at radius 2 is 0.567 bits per heavy atom. The number of carbonyl (C=O) groups excluding carboxylic acids is 2. The molecule has 0 unspecified atom stereocenters. The average Bonchev–Trinajstić information content (AvgIpc) is 3.30. The summed E-state index contributed by atoms with van der Waals surface area (Å²) in [5.41, 5.74) is 2.71. The van der Waals surface area contributed by atoms with E-state index in [1.165, 1.54) is 0 Å². The minimum Gasteiger partial charge on any atom is -0.457 e. The summed E-state index contributed by atoms with van der Waals surface area (Å²) in [6, 6.07) is 39.2. The van der Waals surface area contributed by atoms with Gasteiger partial charge in [-0.3, -0.25) is 4.79 Å². The molecule has 0 heterocycles. The van der Waals surface area contributed by atoms with Crippen molar-refractivity contribution in [1.82, 2.24) is 0 Å². The Morgan fingerprint density at radius 1 is 0.317 bits per heavy atom. The number of benzene rings is 4. The summed E-state index contributed by atoms with van der Waals surface area (Å²) in [5.74, 6) is -1.58. The molecular formula is C47H60O13. The van der Waals surface area contributed by atoms with Crippen LogP contribution in [0.4, 0.5) is 0 Å². The highest BCUT2D eigenvalue weighted by molar-refractivity contribution is 6.40. The molecule has 0 radical (unpaired) electrons. The van der Waals surface area contributed by atoms with Crippen molar-refractivity contribution < 1.29 is 61.7 Å². The molecule has 0 aliphatic heterocycles. The number of hydrogen-bond donors (Lipinski definition) is 0. The second-order valence-corrected chi connectivity index (χ2v) is 13.0. The van der Waals surface area contributed by atoms with E-state index < -0.39 is 17.4 Å². The van der Waals surface area contributed by atoms with Crippen LogP contribution < -0.4 is 0 Å². The van der Waals surface area contributed by atoms with E-state index in [0.29, 0.717) is 124 Å². The molecule has 4 aromatic rings. The van der Waals surface area contributed by atoms with Crippen molar-refractivity contribution in [3.63, 3.8) is 0 Å². The van der Waals surface area contributed by atoms with Crippen molar-refractivity contribution in [1.29, 1.82) is 0 Å². The summed E-state index contributed by atoms with van der Waals surface area (Å²) in [6.07, 6.45) is 0. The van der Waals surface area contributed by atoms with Gasteiger partial charge in [-0.2, -0.15) is 0 Å². The van der Waals surface area contributed by atoms with Gasteiger partial charge in [-0.1, -0.05) is 121 Å². The fourth-order valence-corrected chi connectivity index (χ4v) is 5.85. The van der Waals surface area contributed by atoms with Gasteiger partial charge in [-0.25, -0.2) is 4.79 Å². The zero-order chi connectivity index (χ0) is 42.0. The Labute approximate surface area is 354 Å². The van der Waals surface area contributed by atoms with Gasteiger partial charge in [0, 0.05) is 5.56 Å². The molecule has 0 saturated heterocycles. The number of Topliss-reactive ketones (excluding diaryl/α,β-unsaturated/α-hetero) is 1. The molecule has 326 valence electrons. The summed E-state index contributed by atoms with van der Waals surface area (Å²) in [4.78, 5) is 23.7. The number of ketones is 1. The molecule has 13 nitrogen and oxygen atoms in total. The standard InChI is InChI=1S/C47H60O13/c48-45(41-13-5-1-6-14-41)46(49)59-39-37-57-35-33-55-31-29-53-27-25-51-23-21-50-22-24-52-26-28-54-30-32-56-34-36-58-38-40-60-47(42-15-7-2-8-16-42,43-17-9-3-10-18-43)44-19-11-4-12-20-44/h1-20H,21-40H2. The second kappa shape index (κ2) is 31.5. The van der Waals surface area contributed by atoms with Crippen LogP contribution in [0.25, 0.3) is 0 Å². The van der Waals surface area contributed by atoms with Crippen molar-refractivity contribution in [2.24, 2.45) is 0 Å². The number of esters is 1. The lowest BCUT2D eigenvalue weighted by molar-refractivity contribution is -0.139. The van der Waals surface area contributed by atoms with Gasteiger partial charge < -0.3 is 52.1 Å². The van der Waals surface area contributed by atoms with Crippen molar-refractivity contribution in [2.75, 3.05) is 132 Å². The van der Waals surface area contributed by atoms with Crippen LogP contribution in [0, 0.1) is 0 Å². The Morgan fingerprint density at radius 3 is 0.867 bits per heavy atom. The minimum atomic E-state index is -0.899. The number of carbonyl (C=O) groups is 2. The first-order valence-corrected chi connectivity index (χ1v) is 20.5. The molecule has 13 heteroatoms. The number of ether oxygens (including phenoxy) is 11. The Balaban J connectivity index is 0.859. The van der Waals surface area contributed by atoms with Crippen LogP contribution >= 0.6 is 0 Å². The third-order valence-corrected chi connectivity index (χ3v) is 8.75. The quantitative estimate of drug-likeness (QED) is 0.0186.